The SMILES string of the molecule is CC(=O)O[C@@]12CO[C@@H]1C[C@H](O)[C@@]1(C)C(=O)[C@H](C)C3=C(C)[C@@H](OC(=O)[C@H](OC(=O)CCC(=O)N[C@@H](C(=O)CN[C@@H](Cc4ccccc4)C(=O)NC(Cc4ccccc4)C(=O)N[C@@H](Cc4ccc(O)cc4)C(=O)NCC(=O)NCC(=O)NC(CO)C(=O)N[C@@H](CCCNC(=N)N)C(=O)NCC=O)C(C)O)[C@@H](NC(=O)c4ccccc4)c4ccccc4)C[C@@](O)([C@@H](OC(=O)c4ccccc4)[C@H]21)C3(C)C. The summed E-state index contributed by atoms with van der Waals surface area (Å²) in [5.74, 6) is -17.5. The number of rotatable bonds is 45. The van der Waals surface area contributed by atoms with Crippen molar-refractivity contribution in [3.05, 3.63) is 220 Å². The quantitative estimate of drug-likeness (QED) is 0.00466. The molecule has 0 aromatic heterocycles. The van der Waals surface area contributed by atoms with Gasteiger partial charge in [0.1, 0.15) is 78.0 Å². The average Bonchev–Trinajstić information content (AvgIpc) is 0.667. The molecule has 136 heavy (non-hydrogen) atoms. The Kier molecular flexibility index (Phi) is 36.2. The predicted octanol–water partition coefficient (Wildman–Crippen LogP) is 0.340. The van der Waals surface area contributed by atoms with Gasteiger partial charge in [0.15, 0.2) is 17.3 Å². The van der Waals surface area contributed by atoms with Crippen LogP contribution in [0.1, 0.15) is 136 Å². The molecule has 6 aromatic carbocycles. The van der Waals surface area contributed by atoms with E-state index in [1.807, 2.05) is 0 Å². The smallest absolute Gasteiger partial charge is 0.350 e. The molecule has 39 nitrogen and oxygen atoms in total. The molecule has 2 bridgehead atoms. The number of aliphatic hydroxyl groups is 4. The van der Waals surface area contributed by atoms with Gasteiger partial charge in [-0.15, -0.1) is 0 Å². The number of phenolic OH excluding ortho intramolecular Hbond substituents is 1. The van der Waals surface area contributed by atoms with Crippen LogP contribution in [0.3, 0.4) is 0 Å². The molecule has 726 valence electrons. The summed E-state index contributed by atoms with van der Waals surface area (Å²) >= 11 is 0. The van der Waals surface area contributed by atoms with Gasteiger partial charge in [0.05, 0.1) is 81.0 Å². The van der Waals surface area contributed by atoms with Crippen molar-refractivity contribution in [3.63, 3.8) is 0 Å². The second-order valence-electron chi connectivity index (χ2n) is 34.9. The van der Waals surface area contributed by atoms with Gasteiger partial charge in [-0.05, 0) is 110 Å². The Morgan fingerprint density at radius 2 is 1.15 bits per heavy atom. The summed E-state index contributed by atoms with van der Waals surface area (Å²) in [5.41, 5.74) is -0.340. The van der Waals surface area contributed by atoms with Gasteiger partial charge >= 0.3 is 23.9 Å². The summed E-state index contributed by atoms with van der Waals surface area (Å²) in [7, 11) is 0. The van der Waals surface area contributed by atoms with Gasteiger partial charge in [0, 0.05) is 62.5 Å². The first-order valence-corrected chi connectivity index (χ1v) is 44.5. The van der Waals surface area contributed by atoms with E-state index in [1.165, 1.54) is 74.5 Å². The number of carbonyl (C=O) groups excluding carboxylic acids is 16. The number of esters is 4. The maximum Gasteiger partial charge on any atom is 0.350 e. The lowest BCUT2D eigenvalue weighted by Crippen LogP contribution is -2.81. The predicted molar refractivity (Wildman–Crippen MR) is 486 cm³/mol. The monoisotopic (exact) mass is 1880 g/mol. The number of ether oxygens (including phenoxy) is 5. The molecule has 0 radical (unpaired) electrons. The highest BCUT2D eigenvalue weighted by Crippen LogP contribution is 2.65. The third-order valence-corrected chi connectivity index (χ3v) is 25.2. The van der Waals surface area contributed by atoms with Crippen LogP contribution in [0, 0.1) is 28.1 Å². The number of ketones is 2. The lowest BCUT2D eigenvalue weighted by atomic mass is 9.43. The summed E-state index contributed by atoms with van der Waals surface area (Å²) in [5, 5.41) is 93.1. The molecular weight excluding hydrogens is 1760 g/mol. The van der Waals surface area contributed by atoms with Gasteiger partial charge in [-0.2, -0.15) is 0 Å². The van der Waals surface area contributed by atoms with Crippen molar-refractivity contribution in [2.24, 2.45) is 28.4 Å². The van der Waals surface area contributed by atoms with Crippen LogP contribution < -0.4 is 64.2 Å². The molecule has 19 N–H and O–H groups in total. The van der Waals surface area contributed by atoms with E-state index in [2.05, 4.69) is 58.5 Å². The van der Waals surface area contributed by atoms with Crippen LogP contribution in [0.25, 0.3) is 0 Å². The molecule has 1 heterocycles. The van der Waals surface area contributed by atoms with Crippen molar-refractivity contribution < 1.29 is 126 Å². The Balaban J connectivity index is 0.849. The molecule has 1 saturated heterocycles. The van der Waals surface area contributed by atoms with E-state index < -0.39 is 253 Å². The number of nitrogens with one attached hydrogen (secondary N) is 12. The highest BCUT2D eigenvalue weighted by atomic mass is 16.6. The highest BCUT2D eigenvalue weighted by molar-refractivity contribution is 5.99. The van der Waals surface area contributed by atoms with Crippen LogP contribution in [0.15, 0.2) is 187 Å². The number of amides is 9. The minimum Gasteiger partial charge on any atom is -0.508 e. The third kappa shape index (κ3) is 25.9. The van der Waals surface area contributed by atoms with Crippen molar-refractivity contribution in [3.8, 4) is 5.75 Å². The van der Waals surface area contributed by atoms with Gasteiger partial charge in [0.25, 0.3) is 5.91 Å². The molecular formula is C97H117N13O26. The Labute approximate surface area is 783 Å². The third-order valence-electron chi connectivity index (χ3n) is 25.2. The number of aromatic hydroxyl groups is 1. The fourth-order valence-electron chi connectivity index (χ4n) is 18.1. The van der Waals surface area contributed by atoms with Crippen molar-refractivity contribution >= 4 is 101 Å². The van der Waals surface area contributed by atoms with E-state index in [0.717, 1.165) is 6.92 Å². The molecule has 39 heteroatoms. The van der Waals surface area contributed by atoms with Gasteiger partial charge in [-0.25, -0.2) is 9.59 Å². The van der Waals surface area contributed by atoms with Crippen LogP contribution in [0.2, 0.25) is 0 Å². The van der Waals surface area contributed by atoms with E-state index in [9.17, 15) is 87.9 Å². The Morgan fingerprint density at radius 3 is 1.72 bits per heavy atom. The number of phenols is 1. The maximum atomic E-state index is 15.9. The van der Waals surface area contributed by atoms with Crippen molar-refractivity contribution in [1.29, 1.82) is 5.41 Å². The summed E-state index contributed by atoms with van der Waals surface area (Å²) in [6.07, 6.45) is -12.5. The lowest BCUT2D eigenvalue weighted by Gasteiger charge is -2.67. The van der Waals surface area contributed by atoms with Crippen LogP contribution >= 0.6 is 0 Å². The summed E-state index contributed by atoms with van der Waals surface area (Å²) < 4.78 is 31.4. The van der Waals surface area contributed by atoms with E-state index in [4.69, 9.17) is 34.8 Å². The molecule has 2 saturated carbocycles. The van der Waals surface area contributed by atoms with Gasteiger partial charge in [0.2, 0.25) is 53.4 Å². The molecule has 9 amide bonds. The first kappa shape index (κ1) is 104. The standard InChI is InChI=1S/C97H117N13O26/c1-54-71(48-97(131)84(135-91(129)63-32-21-12-22-33-63)82-95(7,83(122)55(2)78(54)94(97,5)6)72(117)47-73-96(82,53-132-73)136-57(4)114)133-92(130)81(80(61-28-17-10-18-29-61)110-85(123)62-30-19-11-20-31-62)134-77(121)40-39-74(118)109-79(56(3)113)70(116)49-102-66(44-58-24-13-8-14-25-58)88(126)108-68(45-59-26-15-9-16-27-59)89(127)107-67(46-60-35-37-64(115)38-36-60)87(125)104-50-75(119)103-51-76(120)105-69(52-112)90(128)106-65(86(124)100-42-43-111)34-23-41-101-93(98)99/h8-22,24-33,35-38,43,55-56,65-69,71-73,79-82,84,102,112-113,115,117,131H,23,34,39-42,44-53H2,1-7H3,(H,100,124)(H,103,119)(H,104,125)(H,105,120)(H,106,128)(H,107,127)(H,108,126)(H,109,118)(H,110,123)(H4,98,99,101)/t55-,56?,65+,66+,67+,68?,69?,71+,72+,73-,79-,80+,81-,82+,84+,95-,96+,97-/m1/s1. The maximum absolute atomic E-state index is 15.9. The fourth-order valence-corrected chi connectivity index (χ4v) is 18.1. The topological polar surface area (TPSA) is 603 Å². The fraction of sp³-hybridized carbons (Fsp3) is 0.433. The van der Waals surface area contributed by atoms with E-state index in [1.54, 1.807) is 143 Å². The largest absolute Gasteiger partial charge is 0.508 e. The number of hydrogen-bond acceptors (Lipinski definition) is 28. The van der Waals surface area contributed by atoms with Crippen LogP contribution in [-0.2, 0) is 110 Å². The molecule has 10 rings (SSSR count). The molecule has 1 aliphatic heterocycles. The lowest BCUT2D eigenvalue weighted by molar-refractivity contribution is -0.345. The number of hydrogen-bond donors (Lipinski definition) is 18. The normalized spacial score (nSPS) is 22.0. The summed E-state index contributed by atoms with van der Waals surface area (Å²) in [4.78, 5) is 225. The minimum atomic E-state index is -2.45. The average molecular weight is 1880 g/mol. The molecule has 6 aromatic rings. The van der Waals surface area contributed by atoms with Crippen LogP contribution in [-0.4, -0.2) is 256 Å². The zero-order chi connectivity index (χ0) is 98.9. The van der Waals surface area contributed by atoms with Gasteiger partial charge in [-0.3, -0.25) is 73.1 Å². The Morgan fingerprint density at radius 1 is 0.618 bits per heavy atom. The van der Waals surface area contributed by atoms with Crippen LogP contribution in [0.5, 0.6) is 5.75 Å². The van der Waals surface area contributed by atoms with E-state index in [-0.39, 0.29) is 91.2 Å². The molecule has 18 atom stereocenters. The highest BCUT2D eigenvalue weighted by Gasteiger charge is 2.78. The summed E-state index contributed by atoms with van der Waals surface area (Å²) in [6, 6.07) is 34.9. The Bertz CT molecular complexity index is 5350. The molecule has 3 fully saturated rings. The van der Waals surface area contributed by atoms with Crippen molar-refractivity contribution in [2.45, 2.75) is 196 Å². The van der Waals surface area contributed by atoms with Crippen molar-refractivity contribution in [2.75, 3.05) is 45.9 Å². The zero-order valence-corrected chi connectivity index (χ0v) is 76.2. The van der Waals surface area contributed by atoms with Crippen molar-refractivity contribution in [1.82, 2.24) is 58.5 Å². The zero-order valence-electron chi connectivity index (χ0n) is 76.2. The summed E-state index contributed by atoms with van der Waals surface area (Å²) in [6.45, 7) is 6.20. The molecule has 3 aliphatic carbocycles. The van der Waals surface area contributed by atoms with Gasteiger partial charge in [-0.1, -0.05) is 160 Å². The number of carbonyl (C=O) groups is 16. The minimum absolute atomic E-state index is 0.0114. The number of fused-ring (bicyclic) bond motifs is 5. The number of aliphatic hydroxyl groups excluding tert-OH is 3. The van der Waals surface area contributed by atoms with E-state index >= 15 is 14.4 Å². The number of Topliss-reactive ketones (excluding diaryl/α,β-unsaturated/α-hetero) is 2. The number of nitrogens with two attached hydrogens (primary N) is 1. The first-order valence-electron chi connectivity index (χ1n) is 44.5. The number of aldehydes is 1. The Hall–Kier alpha value is -14.0. The molecule has 4 aliphatic rings. The van der Waals surface area contributed by atoms with E-state index in [0.29, 0.717) is 23.0 Å². The first-order chi connectivity index (χ1) is 64.7. The van der Waals surface area contributed by atoms with Crippen LogP contribution in [0.4, 0.5) is 0 Å². The second kappa shape index (κ2) is 47.3. The molecule has 0 spiro atoms. The molecule has 3 unspecified atom stereocenters. The van der Waals surface area contributed by atoms with Gasteiger partial charge < -0.3 is 113 Å². The number of benzene rings is 6. The second-order valence-corrected chi connectivity index (χ2v) is 34.9. The number of guanidine groups is 1.